The van der Waals surface area contributed by atoms with E-state index < -0.39 is 10.0 Å². The van der Waals surface area contributed by atoms with Crippen molar-refractivity contribution in [1.82, 2.24) is 4.31 Å². The van der Waals surface area contributed by atoms with E-state index in [0.717, 1.165) is 31.5 Å². The molecule has 0 amide bonds. The lowest BCUT2D eigenvalue weighted by atomic mass is 10.2. The van der Waals surface area contributed by atoms with Gasteiger partial charge >= 0.3 is 0 Å². The standard InChI is InChI=1S/C16H22N2O4S/c19-14-6-8-17(11-14)13-4-5-16-15(10-13)22-9-1-7-18(12-2-3-12)23(16,20)21/h4-5,10,12,14,19H,1-3,6-9,11H2/t14-/m0/s1. The van der Waals surface area contributed by atoms with Gasteiger partial charge in [0.25, 0.3) is 0 Å². The molecule has 3 aliphatic rings. The first-order valence-corrected chi connectivity index (χ1v) is 9.71. The third-order valence-electron chi connectivity index (χ3n) is 4.78. The van der Waals surface area contributed by atoms with Crippen LogP contribution in [-0.4, -0.2) is 56.2 Å². The summed E-state index contributed by atoms with van der Waals surface area (Å²) in [7, 11) is -3.49. The van der Waals surface area contributed by atoms with Crippen molar-refractivity contribution in [3.05, 3.63) is 18.2 Å². The summed E-state index contributed by atoms with van der Waals surface area (Å²) < 4.78 is 33.3. The topological polar surface area (TPSA) is 70.1 Å². The van der Waals surface area contributed by atoms with Crippen LogP contribution >= 0.6 is 0 Å². The molecule has 0 bridgehead atoms. The van der Waals surface area contributed by atoms with Crippen LogP contribution < -0.4 is 9.64 Å². The van der Waals surface area contributed by atoms with E-state index in [4.69, 9.17) is 4.74 Å². The SMILES string of the molecule is O=S1(=O)c2ccc(N3CC[C@H](O)C3)cc2OCCCN1C1CC1. The predicted molar refractivity (Wildman–Crippen MR) is 86.3 cm³/mol. The Hall–Kier alpha value is -1.31. The number of aliphatic hydroxyl groups excluding tert-OH is 1. The molecule has 0 aromatic heterocycles. The number of hydrogen-bond donors (Lipinski definition) is 1. The van der Waals surface area contributed by atoms with Crippen molar-refractivity contribution in [1.29, 1.82) is 0 Å². The van der Waals surface area contributed by atoms with E-state index >= 15 is 0 Å². The molecule has 1 saturated heterocycles. The summed E-state index contributed by atoms with van der Waals surface area (Å²) in [6, 6.07) is 5.45. The van der Waals surface area contributed by atoms with E-state index in [2.05, 4.69) is 4.90 Å². The van der Waals surface area contributed by atoms with E-state index in [1.165, 1.54) is 0 Å². The van der Waals surface area contributed by atoms with Crippen molar-refractivity contribution in [2.45, 2.75) is 42.7 Å². The van der Waals surface area contributed by atoms with E-state index in [0.29, 0.717) is 31.9 Å². The van der Waals surface area contributed by atoms with Crippen LogP contribution in [0.2, 0.25) is 0 Å². The second-order valence-corrected chi connectivity index (χ2v) is 8.43. The summed E-state index contributed by atoms with van der Waals surface area (Å²) in [5.74, 6) is 0.439. The van der Waals surface area contributed by atoms with Crippen molar-refractivity contribution < 1.29 is 18.3 Å². The first kappa shape index (κ1) is 15.2. The van der Waals surface area contributed by atoms with Gasteiger partial charge in [-0.25, -0.2) is 8.42 Å². The van der Waals surface area contributed by atoms with Crippen molar-refractivity contribution in [2.24, 2.45) is 0 Å². The van der Waals surface area contributed by atoms with E-state index in [-0.39, 0.29) is 17.0 Å². The molecule has 7 heteroatoms. The minimum atomic E-state index is -3.49. The lowest BCUT2D eigenvalue weighted by Crippen LogP contribution is -2.36. The number of nitrogens with zero attached hydrogens (tertiary/aromatic N) is 2. The first-order chi connectivity index (χ1) is 11.1. The normalized spacial score (nSPS) is 27.9. The highest BCUT2D eigenvalue weighted by Crippen LogP contribution is 2.38. The van der Waals surface area contributed by atoms with E-state index in [1.807, 2.05) is 6.07 Å². The fraction of sp³-hybridized carbons (Fsp3) is 0.625. The van der Waals surface area contributed by atoms with Crippen LogP contribution in [0.1, 0.15) is 25.7 Å². The Kier molecular flexibility index (Phi) is 3.74. The Morgan fingerprint density at radius 2 is 2.00 bits per heavy atom. The maximum absolute atomic E-state index is 12.9. The molecule has 1 atom stereocenters. The number of hydrogen-bond acceptors (Lipinski definition) is 5. The van der Waals surface area contributed by atoms with Crippen molar-refractivity contribution >= 4 is 15.7 Å². The number of benzene rings is 1. The van der Waals surface area contributed by atoms with Gasteiger partial charge in [-0.15, -0.1) is 0 Å². The molecule has 1 N–H and O–H groups in total. The Morgan fingerprint density at radius 3 is 2.70 bits per heavy atom. The molecule has 2 heterocycles. The summed E-state index contributed by atoms with van der Waals surface area (Å²) in [5, 5.41) is 9.69. The molecule has 4 rings (SSSR count). The Balaban J connectivity index is 1.70. The first-order valence-electron chi connectivity index (χ1n) is 8.27. The third-order valence-corrected chi connectivity index (χ3v) is 6.77. The Morgan fingerprint density at radius 1 is 1.17 bits per heavy atom. The second-order valence-electron chi connectivity index (χ2n) is 6.57. The zero-order valence-electron chi connectivity index (χ0n) is 13.0. The Labute approximate surface area is 136 Å². The van der Waals surface area contributed by atoms with Crippen LogP contribution in [0.3, 0.4) is 0 Å². The fourth-order valence-corrected chi connectivity index (χ4v) is 5.22. The highest BCUT2D eigenvalue weighted by Gasteiger charge is 2.40. The molecule has 0 radical (unpaired) electrons. The number of anilines is 1. The highest BCUT2D eigenvalue weighted by atomic mass is 32.2. The van der Waals surface area contributed by atoms with Gasteiger partial charge in [-0.1, -0.05) is 0 Å². The zero-order chi connectivity index (χ0) is 16.0. The number of β-amino-alcohol motifs (C(OH)–C–C–N with tert-alkyl or cyclic N) is 1. The van der Waals surface area contributed by atoms with Crippen molar-refractivity contribution in [3.63, 3.8) is 0 Å². The fourth-order valence-electron chi connectivity index (χ4n) is 3.39. The smallest absolute Gasteiger partial charge is 0.247 e. The lowest BCUT2D eigenvalue weighted by Gasteiger charge is -2.27. The third kappa shape index (κ3) is 2.81. The van der Waals surface area contributed by atoms with Gasteiger partial charge in [0.05, 0.1) is 12.7 Å². The minimum Gasteiger partial charge on any atom is -0.492 e. The molecule has 1 saturated carbocycles. The minimum absolute atomic E-state index is 0.166. The molecule has 1 aromatic carbocycles. The summed E-state index contributed by atoms with van der Waals surface area (Å²) in [5.41, 5.74) is 0.911. The van der Waals surface area contributed by atoms with Crippen LogP contribution in [-0.2, 0) is 10.0 Å². The van der Waals surface area contributed by atoms with Gasteiger partial charge in [0.15, 0.2) is 0 Å². The maximum atomic E-state index is 12.9. The predicted octanol–water partition coefficient (Wildman–Crippen LogP) is 1.19. The average Bonchev–Trinajstić information content (AvgIpc) is 3.25. The summed E-state index contributed by atoms with van der Waals surface area (Å²) in [4.78, 5) is 2.34. The molecular weight excluding hydrogens is 316 g/mol. The van der Waals surface area contributed by atoms with Crippen LogP contribution in [0.4, 0.5) is 5.69 Å². The molecular formula is C16H22N2O4S. The zero-order valence-corrected chi connectivity index (χ0v) is 13.8. The highest BCUT2D eigenvalue weighted by molar-refractivity contribution is 7.89. The van der Waals surface area contributed by atoms with Crippen LogP contribution in [0.25, 0.3) is 0 Å². The average molecular weight is 338 g/mol. The number of ether oxygens (including phenoxy) is 1. The Bertz CT molecular complexity index is 702. The van der Waals surface area contributed by atoms with Crippen LogP contribution in [0.15, 0.2) is 23.1 Å². The molecule has 2 fully saturated rings. The largest absolute Gasteiger partial charge is 0.492 e. The van der Waals surface area contributed by atoms with E-state index in [1.54, 1.807) is 16.4 Å². The molecule has 1 aromatic rings. The maximum Gasteiger partial charge on any atom is 0.247 e. The van der Waals surface area contributed by atoms with Gasteiger partial charge in [-0.3, -0.25) is 0 Å². The number of sulfonamides is 1. The molecule has 2 aliphatic heterocycles. The molecule has 126 valence electrons. The van der Waals surface area contributed by atoms with Gasteiger partial charge in [0.1, 0.15) is 10.6 Å². The number of rotatable bonds is 2. The number of aliphatic hydroxyl groups is 1. The van der Waals surface area contributed by atoms with Crippen LogP contribution in [0.5, 0.6) is 5.75 Å². The van der Waals surface area contributed by atoms with Gasteiger partial charge < -0.3 is 14.7 Å². The number of fused-ring (bicyclic) bond motifs is 1. The van der Waals surface area contributed by atoms with Gasteiger partial charge in [0.2, 0.25) is 10.0 Å². The van der Waals surface area contributed by atoms with Gasteiger partial charge in [-0.05, 0) is 37.8 Å². The molecule has 6 nitrogen and oxygen atoms in total. The summed E-state index contributed by atoms with van der Waals surface area (Å²) in [6.07, 6.45) is 3.05. The lowest BCUT2D eigenvalue weighted by molar-refractivity contribution is 0.198. The molecule has 23 heavy (non-hydrogen) atoms. The molecule has 0 unspecified atom stereocenters. The second kappa shape index (κ2) is 5.65. The quantitative estimate of drug-likeness (QED) is 0.877. The van der Waals surface area contributed by atoms with Crippen molar-refractivity contribution in [2.75, 3.05) is 31.1 Å². The summed E-state index contributed by atoms with van der Waals surface area (Å²) in [6.45, 7) is 2.42. The monoisotopic (exact) mass is 338 g/mol. The van der Waals surface area contributed by atoms with Crippen LogP contribution in [0, 0.1) is 0 Å². The molecule has 1 aliphatic carbocycles. The van der Waals surface area contributed by atoms with Gasteiger partial charge in [0, 0.05) is 37.4 Å². The van der Waals surface area contributed by atoms with E-state index in [9.17, 15) is 13.5 Å². The van der Waals surface area contributed by atoms with Gasteiger partial charge in [-0.2, -0.15) is 4.31 Å². The summed E-state index contributed by atoms with van der Waals surface area (Å²) >= 11 is 0. The van der Waals surface area contributed by atoms with Crippen molar-refractivity contribution in [3.8, 4) is 5.75 Å². The molecule has 0 spiro atoms.